The highest BCUT2D eigenvalue weighted by molar-refractivity contribution is 4.80. The largest absolute Gasteiger partial charge is 0.367 e. The van der Waals surface area contributed by atoms with E-state index in [1.54, 1.807) is 0 Å². The summed E-state index contributed by atoms with van der Waals surface area (Å²) >= 11 is 0. The third-order valence-electron chi connectivity index (χ3n) is 1.77. The summed E-state index contributed by atoms with van der Waals surface area (Å²) < 4.78 is 5.17. The molecule has 0 spiro atoms. The van der Waals surface area contributed by atoms with Crippen molar-refractivity contribution in [2.45, 2.75) is 52.7 Å². The quantitative estimate of drug-likeness (QED) is 0.473. The van der Waals surface area contributed by atoms with Gasteiger partial charge in [0.2, 0.25) is 0 Å². The summed E-state index contributed by atoms with van der Waals surface area (Å²) in [4.78, 5) is 0. The molecule has 0 aromatic rings. The molecule has 1 radical (unpaired) electrons. The van der Waals surface area contributed by atoms with E-state index in [4.69, 9.17) is 4.74 Å². The van der Waals surface area contributed by atoms with Crippen LogP contribution >= 0.6 is 0 Å². The number of hydrogen-bond acceptors (Lipinski definition) is 2. The van der Waals surface area contributed by atoms with Crippen LogP contribution in [0, 0.1) is 5.92 Å². The van der Waals surface area contributed by atoms with Gasteiger partial charge in [-0.1, -0.05) is 40.0 Å². The SMILES string of the molecule is CCCCCCOC(O)[C](C)C. The molecule has 2 heteroatoms. The molecule has 0 aromatic heterocycles. The average molecular weight is 173 g/mol. The zero-order chi connectivity index (χ0) is 9.40. The third-order valence-corrected chi connectivity index (χ3v) is 1.77. The molecule has 0 aromatic carbocycles. The standard InChI is InChI=1S/C10H21O2/c1-4-5-6-7-8-12-10(11)9(2)3/h10-11H,4-8H2,1-3H3. The van der Waals surface area contributed by atoms with Gasteiger partial charge in [-0.2, -0.15) is 0 Å². The van der Waals surface area contributed by atoms with Crippen molar-refractivity contribution >= 4 is 0 Å². The summed E-state index contributed by atoms with van der Waals surface area (Å²) in [5.74, 6) is 0.922. The zero-order valence-corrected chi connectivity index (χ0v) is 8.47. The van der Waals surface area contributed by atoms with E-state index in [9.17, 15) is 5.11 Å². The van der Waals surface area contributed by atoms with Gasteiger partial charge in [-0.3, -0.25) is 0 Å². The van der Waals surface area contributed by atoms with Crippen LogP contribution in [0.5, 0.6) is 0 Å². The first-order valence-electron chi connectivity index (χ1n) is 4.78. The molecule has 0 bridgehead atoms. The predicted molar refractivity (Wildman–Crippen MR) is 50.7 cm³/mol. The fourth-order valence-electron chi connectivity index (χ4n) is 0.890. The van der Waals surface area contributed by atoms with E-state index in [0.717, 1.165) is 12.3 Å². The molecule has 0 amide bonds. The maximum absolute atomic E-state index is 9.22. The highest BCUT2D eigenvalue weighted by atomic mass is 16.6. The predicted octanol–water partition coefficient (Wildman–Crippen LogP) is 2.52. The molecule has 0 fully saturated rings. The Morgan fingerprint density at radius 3 is 2.42 bits per heavy atom. The molecular formula is C10H21O2. The average Bonchev–Trinajstić information content (AvgIpc) is 2.03. The maximum Gasteiger partial charge on any atom is 0.160 e. The molecule has 0 rings (SSSR count). The minimum absolute atomic E-state index is 0.661. The monoisotopic (exact) mass is 173 g/mol. The summed E-state index contributed by atoms with van der Waals surface area (Å²) in [7, 11) is 0. The summed E-state index contributed by atoms with van der Waals surface area (Å²) in [6, 6.07) is 0. The minimum Gasteiger partial charge on any atom is -0.367 e. The fourth-order valence-corrected chi connectivity index (χ4v) is 0.890. The van der Waals surface area contributed by atoms with Gasteiger partial charge >= 0.3 is 0 Å². The lowest BCUT2D eigenvalue weighted by molar-refractivity contribution is -0.0871. The Morgan fingerprint density at radius 1 is 1.25 bits per heavy atom. The highest BCUT2D eigenvalue weighted by Gasteiger charge is 2.08. The first-order valence-corrected chi connectivity index (χ1v) is 4.78. The third kappa shape index (κ3) is 6.62. The zero-order valence-electron chi connectivity index (χ0n) is 8.47. The molecule has 0 saturated carbocycles. The van der Waals surface area contributed by atoms with Gasteiger partial charge in [0.1, 0.15) is 0 Å². The molecule has 0 aliphatic rings. The van der Waals surface area contributed by atoms with Gasteiger partial charge in [0, 0.05) is 12.5 Å². The van der Waals surface area contributed by atoms with Gasteiger partial charge in [-0.15, -0.1) is 0 Å². The Bertz CT molecular complexity index is 91.8. The van der Waals surface area contributed by atoms with Crippen LogP contribution < -0.4 is 0 Å². The van der Waals surface area contributed by atoms with Crippen molar-refractivity contribution in [2.75, 3.05) is 6.61 Å². The Kier molecular flexibility index (Phi) is 7.51. The van der Waals surface area contributed by atoms with Crippen LogP contribution in [0.15, 0.2) is 0 Å². The van der Waals surface area contributed by atoms with Crippen LogP contribution in [0.25, 0.3) is 0 Å². The Morgan fingerprint density at radius 2 is 1.92 bits per heavy atom. The van der Waals surface area contributed by atoms with Crippen molar-refractivity contribution < 1.29 is 9.84 Å². The normalized spacial score (nSPS) is 13.8. The molecule has 0 aliphatic carbocycles. The summed E-state index contributed by atoms with van der Waals surface area (Å²) in [6.07, 6.45) is 4.09. The van der Waals surface area contributed by atoms with E-state index >= 15 is 0 Å². The van der Waals surface area contributed by atoms with Crippen molar-refractivity contribution in [3.05, 3.63) is 5.92 Å². The molecule has 12 heavy (non-hydrogen) atoms. The van der Waals surface area contributed by atoms with Crippen molar-refractivity contribution in [1.82, 2.24) is 0 Å². The lowest BCUT2D eigenvalue weighted by Crippen LogP contribution is -2.17. The second-order valence-electron chi connectivity index (χ2n) is 3.36. The highest BCUT2D eigenvalue weighted by Crippen LogP contribution is 2.06. The summed E-state index contributed by atoms with van der Waals surface area (Å²) in [6.45, 7) is 6.60. The van der Waals surface area contributed by atoms with Crippen molar-refractivity contribution in [1.29, 1.82) is 0 Å². The number of aliphatic hydroxyl groups is 1. The maximum atomic E-state index is 9.22. The van der Waals surface area contributed by atoms with Crippen LogP contribution in [0.3, 0.4) is 0 Å². The molecule has 1 N–H and O–H groups in total. The molecule has 1 unspecified atom stereocenters. The smallest absolute Gasteiger partial charge is 0.160 e. The van der Waals surface area contributed by atoms with Crippen LogP contribution in [0.2, 0.25) is 0 Å². The van der Waals surface area contributed by atoms with Crippen LogP contribution in [0.1, 0.15) is 46.5 Å². The van der Waals surface area contributed by atoms with Gasteiger partial charge in [0.25, 0.3) is 0 Å². The minimum atomic E-state index is -0.661. The number of hydrogen-bond donors (Lipinski definition) is 1. The first kappa shape index (κ1) is 11.9. The van der Waals surface area contributed by atoms with Gasteiger partial charge in [0.15, 0.2) is 6.29 Å². The molecule has 2 nitrogen and oxygen atoms in total. The number of aliphatic hydroxyl groups excluding tert-OH is 1. The van der Waals surface area contributed by atoms with E-state index in [1.165, 1.54) is 19.3 Å². The number of unbranched alkanes of at least 4 members (excludes halogenated alkanes) is 3. The van der Waals surface area contributed by atoms with E-state index in [2.05, 4.69) is 6.92 Å². The van der Waals surface area contributed by atoms with E-state index < -0.39 is 6.29 Å². The first-order chi connectivity index (χ1) is 5.68. The van der Waals surface area contributed by atoms with Crippen molar-refractivity contribution in [2.24, 2.45) is 0 Å². The lowest BCUT2D eigenvalue weighted by atomic mass is 10.2. The van der Waals surface area contributed by atoms with E-state index in [-0.39, 0.29) is 0 Å². The van der Waals surface area contributed by atoms with Crippen LogP contribution in [0.4, 0.5) is 0 Å². The molecular weight excluding hydrogens is 152 g/mol. The van der Waals surface area contributed by atoms with Gasteiger partial charge in [0.05, 0.1) is 0 Å². The second kappa shape index (κ2) is 7.56. The Hall–Kier alpha value is -0.0800. The lowest BCUT2D eigenvalue weighted by Gasteiger charge is -2.14. The van der Waals surface area contributed by atoms with Crippen molar-refractivity contribution in [3.8, 4) is 0 Å². The summed E-state index contributed by atoms with van der Waals surface area (Å²) in [5, 5.41) is 9.22. The Labute approximate surface area is 75.9 Å². The molecule has 0 aliphatic heterocycles. The Balaban J connectivity index is 3.08. The van der Waals surface area contributed by atoms with Gasteiger partial charge < -0.3 is 9.84 Å². The van der Waals surface area contributed by atoms with Crippen molar-refractivity contribution in [3.63, 3.8) is 0 Å². The van der Waals surface area contributed by atoms with E-state index in [0.29, 0.717) is 6.61 Å². The van der Waals surface area contributed by atoms with Gasteiger partial charge in [-0.05, 0) is 6.42 Å². The van der Waals surface area contributed by atoms with E-state index in [1.807, 2.05) is 13.8 Å². The number of rotatable bonds is 7. The van der Waals surface area contributed by atoms with Gasteiger partial charge in [-0.25, -0.2) is 0 Å². The van der Waals surface area contributed by atoms with Crippen LogP contribution in [-0.2, 0) is 4.74 Å². The molecule has 1 atom stereocenters. The number of ether oxygens (including phenoxy) is 1. The molecule has 0 saturated heterocycles. The fraction of sp³-hybridized carbons (Fsp3) is 0.900. The second-order valence-corrected chi connectivity index (χ2v) is 3.36. The topological polar surface area (TPSA) is 29.5 Å². The summed E-state index contributed by atoms with van der Waals surface area (Å²) in [5.41, 5.74) is 0. The molecule has 0 heterocycles. The molecule has 73 valence electrons. The van der Waals surface area contributed by atoms with Crippen LogP contribution in [-0.4, -0.2) is 18.0 Å².